The van der Waals surface area contributed by atoms with E-state index in [9.17, 15) is 4.79 Å². The highest BCUT2D eigenvalue weighted by atomic mass is 16.5. The summed E-state index contributed by atoms with van der Waals surface area (Å²) in [5, 5.41) is 0. The molecule has 6 nitrogen and oxygen atoms in total. The number of ether oxygens (including phenoxy) is 2. The summed E-state index contributed by atoms with van der Waals surface area (Å²) in [6.45, 7) is 0. The van der Waals surface area contributed by atoms with E-state index in [4.69, 9.17) is 16.2 Å². The summed E-state index contributed by atoms with van der Waals surface area (Å²) < 4.78 is 10.2. The highest BCUT2D eigenvalue weighted by Crippen LogP contribution is 2.23. The number of hydrogen-bond acceptors (Lipinski definition) is 5. The lowest BCUT2D eigenvalue weighted by molar-refractivity contribution is 0.211. The van der Waals surface area contributed by atoms with Crippen molar-refractivity contribution in [1.29, 1.82) is 0 Å². The number of carbonyl (C=O) groups is 1. The zero-order valence-electron chi connectivity index (χ0n) is 9.37. The highest BCUT2D eigenvalue weighted by molar-refractivity contribution is 5.68. The Morgan fingerprint density at radius 2 is 1.61 bits per heavy atom. The van der Waals surface area contributed by atoms with Crippen molar-refractivity contribution in [3.05, 3.63) is 42.6 Å². The van der Waals surface area contributed by atoms with Crippen molar-refractivity contribution in [3.63, 3.8) is 0 Å². The Balaban J connectivity index is 2.06. The second kappa shape index (κ2) is 5.05. The molecule has 0 fully saturated rings. The van der Waals surface area contributed by atoms with E-state index in [1.54, 1.807) is 36.4 Å². The first-order chi connectivity index (χ1) is 8.63. The topological polar surface area (TPSA) is 100 Å². The average Bonchev–Trinajstić information content (AvgIpc) is 2.34. The Hall–Kier alpha value is -2.76. The number of benzene rings is 1. The molecule has 92 valence electrons. The summed E-state index contributed by atoms with van der Waals surface area (Å²) in [6, 6.07) is 9.79. The fraction of sp³-hybridized carbons (Fsp3) is 0. The lowest BCUT2D eigenvalue weighted by Crippen LogP contribution is -2.16. The highest BCUT2D eigenvalue weighted by Gasteiger charge is 2.01. The van der Waals surface area contributed by atoms with Gasteiger partial charge in [0.05, 0.1) is 6.20 Å². The molecule has 0 aliphatic rings. The van der Waals surface area contributed by atoms with Gasteiger partial charge in [-0.05, 0) is 36.4 Å². The summed E-state index contributed by atoms with van der Waals surface area (Å²) in [5.74, 6) is 1.92. The molecule has 1 amide bonds. The SMILES string of the molecule is NC(=O)Oc1ccc(Oc2ccc(N)nc2)cc1. The quantitative estimate of drug-likeness (QED) is 0.860. The van der Waals surface area contributed by atoms with Crippen LogP contribution in [0.4, 0.5) is 10.6 Å². The molecule has 0 spiro atoms. The van der Waals surface area contributed by atoms with Crippen LogP contribution in [0.25, 0.3) is 0 Å². The van der Waals surface area contributed by atoms with Crippen molar-refractivity contribution in [2.75, 3.05) is 5.73 Å². The number of nitrogens with two attached hydrogens (primary N) is 2. The minimum atomic E-state index is -0.855. The molecule has 0 saturated heterocycles. The van der Waals surface area contributed by atoms with Gasteiger partial charge in [-0.1, -0.05) is 0 Å². The Morgan fingerprint density at radius 1 is 1.00 bits per heavy atom. The maximum Gasteiger partial charge on any atom is 0.409 e. The first kappa shape index (κ1) is 11.7. The number of primary amides is 1. The van der Waals surface area contributed by atoms with Crippen LogP contribution in [0.5, 0.6) is 17.2 Å². The van der Waals surface area contributed by atoms with Gasteiger partial charge in [0.2, 0.25) is 0 Å². The third-order valence-electron chi connectivity index (χ3n) is 2.04. The van der Waals surface area contributed by atoms with Gasteiger partial charge < -0.3 is 20.9 Å². The lowest BCUT2D eigenvalue weighted by atomic mass is 10.3. The Kier molecular flexibility index (Phi) is 3.29. The largest absolute Gasteiger partial charge is 0.456 e. The van der Waals surface area contributed by atoms with Crippen molar-refractivity contribution in [1.82, 2.24) is 4.98 Å². The van der Waals surface area contributed by atoms with Crippen molar-refractivity contribution in [2.45, 2.75) is 0 Å². The van der Waals surface area contributed by atoms with Crippen LogP contribution in [-0.4, -0.2) is 11.1 Å². The normalized spacial score (nSPS) is 9.78. The number of aromatic nitrogens is 1. The summed E-state index contributed by atoms with van der Waals surface area (Å²) >= 11 is 0. The standard InChI is InChI=1S/C12H11N3O3/c13-11-6-5-10(7-15-11)17-8-1-3-9(4-2-8)18-12(14)16/h1-7H,(H2,13,15)(H2,14,16). The van der Waals surface area contributed by atoms with E-state index in [1.165, 1.54) is 6.20 Å². The maximum atomic E-state index is 10.5. The fourth-order valence-electron chi connectivity index (χ4n) is 1.28. The molecular formula is C12H11N3O3. The molecule has 1 heterocycles. The zero-order valence-corrected chi connectivity index (χ0v) is 9.37. The third kappa shape index (κ3) is 3.11. The number of hydrogen-bond donors (Lipinski definition) is 2. The molecule has 6 heteroatoms. The zero-order chi connectivity index (χ0) is 13.0. The van der Waals surface area contributed by atoms with E-state index >= 15 is 0 Å². The first-order valence-electron chi connectivity index (χ1n) is 5.10. The number of rotatable bonds is 3. The van der Waals surface area contributed by atoms with Gasteiger partial charge in [-0.15, -0.1) is 0 Å². The lowest BCUT2D eigenvalue weighted by Gasteiger charge is -2.06. The van der Waals surface area contributed by atoms with Crippen LogP contribution in [-0.2, 0) is 0 Å². The summed E-state index contributed by atoms with van der Waals surface area (Å²) in [6.07, 6.45) is 0.662. The predicted molar refractivity (Wildman–Crippen MR) is 65.4 cm³/mol. The molecule has 0 atom stereocenters. The van der Waals surface area contributed by atoms with E-state index in [0.29, 0.717) is 23.1 Å². The molecule has 0 unspecified atom stereocenters. The van der Waals surface area contributed by atoms with E-state index in [0.717, 1.165) is 0 Å². The molecule has 0 saturated carbocycles. The monoisotopic (exact) mass is 245 g/mol. The van der Waals surface area contributed by atoms with Gasteiger partial charge in [0.1, 0.15) is 23.1 Å². The van der Waals surface area contributed by atoms with E-state index < -0.39 is 6.09 Å². The molecule has 0 aliphatic carbocycles. The Labute approximate surface area is 103 Å². The molecule has 4 N–H and O–H groups in total. The molecule has 18 heavy (non-hydrogen) atoms. The summed E-state index contributed by atoms with van der Waals surface area (Å²) in [7, 11) is 0. The number of carbonyl (C=O) groups excluding carboxylic acids is 1. The van der Waals surface area contributed by atoms with Crippen LogP contribution >= 0.6 is 0 Å². The predicted octanol–water partition coefficient (Wildman–Crippen LogP) is 1.91. The summed E-state index contributed by atoms with van der Waals surface area (Å²) in [4.78, 5) is 14.4. The molecule has 0 aliphatic heterocycles. The second-order valence-electron chi connectivity index (χ2n) is 3.41. The molecule has 0 bridgehead atoms. The van der Waals surface area contributed by atoms with Crippen molar-refractivity contribution in [2.24, 2.45) is 5.73 Å². The number of pyridine rings is 1. The van der Waals surface area contributed by atoms with Gasteiger partial charge in [-0.25, -0.2) is 9.78 Å². The van der Waals surface area contributed by atoms with Crippen LogP contribution in [0.15, 0.2) is 42.6 Å². The molecule has 0 radical (unpaired) electrons. The van der Waals surface area contributed by atoms with E-state index in [2.05, 4.69) is 9.72 Å². The smallest absolute Gasteiger partial charge is 0.409 e. The first-order valence-corrected chi connectivity index (χ1v) is 5.10. The maximum absolute atomic E-state index is 10.5. The van der Waals surface area contributed by atoms with Crippen LogP contribution in [0.3, 0.4) is 0 Å². The minimum absolute atomic E-state index is 0.352. The molecule has 2 aromatic rings. The average molecular weight is 245 g/mol. The summed E-state index contributed by atoms with van der Waals surface area (Å²) in [5.41, 5.74) is 10.3. The second-order valence-corrected chi connectivity index (χ2v) is 3.41. The number of amides is 1. The van der Waals surface area contributed by atoms with Gasteiger partial charge in [-0.3, -0.25) is 0 Å². The number of nitrogen functional groups attached to an aromatic ring is 1. The van der Waals surface area contributed by atoms with Crippen molar-refractivity contribution in [3.8, 4) is 17.2 Å². The van der Waals surface area contributed by atoms with Crippen molar-refractivity contribution < 1.29 is 14.3 Å². The Morgan fingerprint density at radius 3 is 2.17 bits per heavy atom. The third-order valence-corrected chi connectivity index (χ3v) is 2.04. The van der Waals surface area contributed by atoms with Crippen LogP contribution in [0.2, 0.25) is 0 Å². The molecule has 2 rings (SSSR count). The van der Waals surface area contributed by atoms with Crippen LogP contribution in [0.1, 0.15) is 0 Å². The molecule has 1 aromatic heterocycles. The van der Waals surface area contributed by atoms with E-state index in [-0.39, 0.29) is 0 Å². The van der Waals surface area contributed by atoms with Gasteiger partial charge in [0, 0.05) is 0 Å². The van der Waals surface area contributed by atoms with Crippen LogP contribution in [0, 0.1) is 0 Å². The van der Waals surface area contributed by atoms with E-state index in [1.807, 2.05) is 0 Å². The minimum Gasteiger partial charge on any atom is -0.456 e. The Bertz CT molecular complexity index is 537. The molecular weight excluding hydrogens is 234 g/mol. The van der Waals surface area contributed by atoms with Gasteiger partial charge >= 0.3 is 6.09 Å². The number of anilines is 1. The number of nitrogens with zero attached hydrogens (tertiary/aromatic N) is 1. The van der Waals surface area contributed by atoms with Crippen LogP contribution < -0.4 is 20.9 Å². The fourth-order valence-corrected chi connectivity index (χ4v) is 1.28. The molecule has 1 aromatic carbocycles. The van der Waals surface area contributed by atoms with Gasteiger partial charge in [-0.2, -0.15) is 0 Å². The van der Waals surface area contributed by atoms with Crippen molar-refractivity contribution >= 4 is 11.9 Å². The van der Waals surface area contributed by atoms with Gasteiger partial charge in [0.25, 0.3) is 0 Å². The van der Waals surface area contributed by atoms with Gasteiger partial charge in [0.15, 0.2) is 0 Å².